The van der Waals surface area contributed by atoms with E-state index in [1.807, 2.05) is 6.92 Å². The average Bonchev–Trinajstić information content (AvgIpc) is 2.22. The topological polar surface area (TPSA) is 32.3 Å². The van der Waals surface area contributed by atoms with Gasteiger partial charge in [0.15, 0.2) is 0 Å². The van der Waals surface area contributed by atoms with Crippen molar-refractivity contribution in [3.8, 4) is 0 Å². The van der Waals surface area contributed by atoms with E-state index in [1.165, 1.54) is 0 Å². The molecule has 15 heavy (non-hydrogen) atoms. The molecule has 0 aliphatic carbocycles. The van der Waals surface area contributed by atoms with E-state index in [0.717, 1.165) is 32.6 Å². The first kappa shape index (κ1) is 17.6. The maximum absolute atomic E-state index is 11.4. The highest BCUT2D eigenvalue weighted by molar-refractivity contribution is 9.10. The second kappa shape index (κ2) is 10.7. The quantitative estimate of drug-likeness (QED) is 0.730. The van der Waals surface area contributed by atoms with E-state index in [-0.39, 0.29) is 23.1 Å². The molecule has 0 saturated carbocycles. The Morgan fingerprint density at radius 3 is 2.27 bits per heavy atom. The molecule has 0 spiro atoms. The maximum atomic E-state index is 11.4. The third kappa shape index (κ3) is 8.05. The van der Waals surface area contributed by atoms with Crippen molar-refractivity contribution < 1.29 is 4.79 Å². The molecule has 0 heterocycles. The van der Waals surface area contributed by atoms with Crippen LogP contribution < -0.4 is 5.32 Å². The van der Waals surface area contributed by atoms with Gasteiger partial charge in [0, 0.05) is 13.1 Å². The van der Waals surface area contributed by atoms with Crippen LogP contribution in [0.4, 0.5) is 0 Å². The van der Waals surface area contributed by atoms with Crippen LogP contribution in [0, 0.1) is 0 Å². The summed E-state index contributed by atoms with van der Waals surface area (Å²) in [6, 6.07) is 0. The first-order valence-corrected chi connectivity index (χ1v) is 6.21. The molecule has 92 valence electrons. The fourth-order valence-corrected chi connectivity index (χ4v) is 1.34. The van der Waals surface area contributed by atoms with Gasteiger partial charge in [-0.25, -0.2) is 0 Å². The molecule has 3 nitrogen and oxygen atoms in total. The molecule has 5 heteroatoms. The minimum Gasteiger partial charge on any atom is -0.354 e. The normalized spacial score (nSPS) is 12.1. The number of likely N-dealkylation sites (N-methyl/N-ethyl adjacent to an activating group) is 1. The molecule has 1 amide bonds. The molecule has 0 aliphatic heterocycles. The molecular formula is C10H22BrClN2O. The monoisotopic (exact) mass is 300 g/mol. The molecule has 0 rings (SSSR count). The van der Waals surface area contributed by atoms with Crippen LogP contribution in [0.5, 0.6) is 0 Å². The largest absolute Gasteiger partial charge is 0.354 e. The van der Waals surface area contributed by atoms with E-state index in [0.29, 0.717) is 0 Å². The van der Waals surface area contributed by atoms with Crippen molar-refractivity contribution in [2.45, 2.75) is 32.0 Å². The molecule has 1 unspecified atom stereocenters. The summed E-state index contributed by atoms with van der Waals surface area (Å²) in [7, 11) is 0. The minimum atomic E-state index is -0.0424. The van der Waals surface area contributed by atoms with Crippen LogP contribution in [0.25, 0.3) is 0 Å². The second-order valence-electron chi connectivity index (χ2n) is 3.19. The molecule has 1 N–H and O–H groups in total. The van der Waals surface area contributed by atoms with E-state index in [9.17, 15) is 4.79 Å². The number of nitrogens with zero attached hydrogens (tertiary/aromatic N) is 1. The Kier molecular flexibility index (Phi) is 12.6. The molecule has 1 atom stereocenters. The Balaban J connectivity index is 0. The summed E-state index contributed by atoms with van der Waals surface area (Å²) < 4.78 is 0. The van der Waals surface area contributed by atoms with E-state index >= 15 is 0 Å². The third-order valence-corrected chi connectivity index (χ3v) is 3.33. The molecule has 0 bridgehead atoms. The van der Waals surface area contributed by atoms with Gasteiger partial charge in [-0.3, -0.25) is 4.79 Å². The Hall–Kier alpha value is 0.200. The molecule has 0 fully saturated rings. The molecule has 0 aliphatic rings. The lowest BCUT2D eigenvalue weighted by Gasteiger charge is -2.18. The van der Waals surface area contributed by atoms with Crippen molar-refractivity contribution in [3.63, 3.8) is 0 Å². The number of hydrogen-bond acceptors (Lipinski definition) is 2. The van der Waals surface area contributed by atoms with Crippen molar-refractivity contribution in [3.05, 3.63) is 0 Å². The van der Waals surface area contributed by atoms with E-state index in [1.54, 1.807) is 0 Å². The molecule has 0 saturated heterocycles. The van der Waals surface area contributed by atoms with Crippen LogP contribution in [0.3, 0.4) is 0 Å². The highest BCUT2D eigenvalue weighted by atomic mass is 79.9. The van der Waals surface area contributed by atoms with Gasteiger partial charge >= 0.3 is 0 Å². The second-order valence-corrected chi connectivity index (χ2v) is 4.30. The summed E-state index contributed by atoms with van der Waals surface area (Å²) in [5, 5.41) is 2.90. The van der Waals surface area contributed by atoms with Crippen LogP contribution in [0.1, 0.15) is 27.2 Å². The number of carbonyl (C=O) groups excluding carboxylic acids is 1. The third-order valence-electron chi connectivity index (χ3n) is 2.26. The summed E-state index contributed by atoms with van der Waals surface area (Å²) in [4.78, 5) is 13.6. The van der Waals surface area contributed by atoms with E-state index in [2.05, 4.69) is 40.0 Å². The standard InChI is InChI=1S/C10H21BrN2O.ClH/c1-4-9(11)10(14)12-7-8-13(5-2)6-3;/h9H,4-8H2,1-3H3,(H,12,14);1H. The molecule has 0 aromatic heterocycles. The number of rotatable bonds is 7. The van der Waals surface area contributed by atoms with Gasteiger partial charge in [-0.05, 0) is 19.5 Å². The Morgan fingerprint density at radius 1 is 1.33 bits per heavy atom. The van der Waals surface area contributed by atoms with Crippen LogP contribution in [-0.2, 0) is 4.79 Å². The first-order chi connectivity index (χ1) is 6.65. The van der Waals surface area contributed by atoms with Crippen LogP contribution in [0.2, 0.25) is 0 Å². The number of hydrogen-bond donors (Lipinski definition) is 1. The van der Waals surface area contributed by atoms with Gasteiger partial charge in [-0.1, -0.05) is 36.7 Å². The zero-order chi connectivity index (χ0) is 11.0. The molecular weight excluding hydrogens is 279 g/mol. The highest BCUT2D eigenvalue weighted by Crippen LogP contribution is 2.03. The SMILES string of the molecule is CCC(Br)C(=O)NCCN(CC)CC.Cl. The zero-order valence-corrected chi connectivity index (χ0v) is 12.2. The van der Waals surface area contributed by atoms with Gasteiger partial charge in [0.05, 0.1) is 4.83 Å². The summed E-state index contributed by atoms with van der Waals surface area (Å²) >= 11 is 3.32. The summed E-state index contributed by atoms with van der Waals surface area (Å²) in [5.74, 6) is 0.0969. The van der Waals surface area contributed by atoms with Crippen molar-refractivity contribution in [1.29, 1.82) is 0 Å². The number of amides is 1. The first-order valence-electron chi connectivity index (χ1n) is 5.29. The van der Waals surface area contributed by atoms with Gasteiger partial charge < -0.3 is 10.2 Å². The highest BCUT2D eigenvalue weighted by Gasteiger charge is 2.11. The number of halogens is 2. The van der Waals surface area contributed by atoms with Crippen molar-refractivity contribution >= 4 is 34.2 Å². The predicted molar refractivity (Wildman–Crippen MR) is 71.1 cm³/mol. The molecule has 0 aromatic carbocycles. The van der Waals surface area contributed by atoms with E-state index in [4.69, 9.17) is 0 Å². The Bertz CT molecular complexity index is 166. The van der Waals surface area contributed by atoms with Gasteiger partial charge in [-0.2, -0.15) is 0 Å². The lowest BCUT2D eigenvalue weighted by molar-refractivity contribution is -0.120. The maximum Gasteiger partial charge on any atom is 0.233 e. The van der Waals surface area contributed by atoms with Gasteiger partial charge in [-0.15, -0.1) is 12.4 Å². The Labute approximate surface area is 108 Å². The van der Waals surface area contributed by atoms with Crippen molar-refractivity contribution in [2.24, 2.45) is 0 Å². The van der Waals surface area contributed by atoms with Gasteiger partial charge in [0.2, 0.25) is 5.91 Å². The Morgan fingerprint density at radius 2 is 1.87 bits per heavy atom. The summed E-state index contributed by atoms with van der Waals surface area (Å²) in [6.45, 7) is 10.00. The number of carbonyl (C=O) groups is 1. The zero-order valence-electron chi connectivity index (χ0n) is 9.75. The summed E-state index contributed by atoms with van der Waals surface area (Å²) in [5.41, 5.74) is 0. The van der Waals surface area contributed by atoms with Crippen LogP contribution in [0.15, 0.2) is 0 Å². The lowest BCUT2D eigenvalue weighted by atomic mass is 10.3. The van der Waals surface area contributed by atoms with E-state index < -0.39 is 0 Å². The molecule has 0 radical (unpaired) electrons. The fraction of sp³-hybridized carbons (Fsp3) is 0.900. The minimum absolute atomic E-state index is 0. The number of alkyl halides is 1. The van der Waals surface area contributed by atoms with Crippen molar-refractivity contribution in [1.82, 2.24) is 10.2 Å². The average molecular weight is 302 g/mol. The number of nitrogens with one attached hydrogen (secondary N) is 1. The van der Waals surface area contributed by atoms with Gasteiger partial charge in [0.1, 0.15) is 0 Å². The smallest absolute Gasteiger partial charge is 0.233 e. The lowest BCUT2D eigenvalue weighted by Crippen LogP contribution is -2.37. The van der Waals surface area contributed by atoms with Gasteiger partial charge in [0.25, 0.3) is 0 Å². The van der Waals surface area contributed by atoms with Crippen LogP contribution in [-0.4, -0.2) is 41.8 Å². The predicted octanol–water partition coefficient (Wildman–Crippen LogP) is 2.04. The van der Waals surface area contributed by atoms with Crippen LogP contribution >= 0.6 is 28.3 Å². The molecule has 0 aromatic rings. The van der Waals surface area contributed by atoms with Crippen molar-refractivity contribution in [2.75, 3.05) is 26.2 Å². The fourth-order valence-electron chi connectivity index (χ4n) is 1.17. The summed E-state index contributed by atoms with van der Waals surface area (Å²) in [6.07, 6.45) is 0.830.